The van der Waals surface area contributed by atoms with Crippen molar-refractivity contribution in [1.29, 1.82) is 0 Å². The lowest BCUT2D eigenvalue weighted by Crippen LogP contribution is -2.24. The third kappa shape index (κ3) is 7.13. The van der Waals surface area contributed by atoms with E-state index in [0.717, 1.165) is 5.56 Å². The molecule has 0 aromatic heterocycles. The number of benzene rings is 3. The lowest BCUT2D eigenvalue weighted by molar-refractivity contribution is -0.126. The number of nitrogens with one attached hydrogen (secondary N) is 2. The highest BCUT2D eigenvalue weighted by atomic mass is 35.5. The van der Waals surface area contributed by atoms with Crippen LogP contribution >= 0.6 is 23.2 Å². The Morgan fingerprint density at radius 1 is 0.903 bits per heavy atom. The van der Waals surface area contributed by atoms with Gasteiger partial charge in [0.15, 0.2) is 0 Å². The number of hydrazone groups is 1. The molecule has 0 atom stereocenters. The summed E-state index contributed by atoms with van der Waals surface area (Å²) in [4.78, 5) is 23.9. The number of para-hydroxylation sites is 1. The van der Waals surface area contributed by atoms with E-state index in [4.69, 9.17) is 27.9 Å². The van der Waals surface area contributed by atoms with Crippen LogP contribution in [-0.2, 0) is 16.2 Å². The molecule has 0 heterocycles. The third-order valence-corrected chi connectivity index (χ3v) is 4.72. The molecule has 0 aliphatic heterocycles. The largest absolute Gasteiger partial charge is 0.488 e. The number of halogens is 2. The Balaban J connectivity index is 1.52. The number of ether oxygens (including phenoxy) is 1. The fraction of sp³-hybridized carbons (Fsp3) is 0.0870. The zero-order chi connectivity index (χ0) is 22.1. The van der Waals surface area contributed by atoms with Gasteiger partial charge in [-0.1, -0.05) is 53.5 Å². The van der Waals surface area contributed by atoms with Crippen LogP contribution in [0, 0.1) is 0 Å². The highest BCUT2D eigenvalue weighted by Gasteiger charge is 2.09. The van der Waals surface area contributed by atoms with Gasteiger partial charge in [0.2, 0.25) is 11.8 Å². The Morgan fingerprint density at radius 3 is 2.39 bits per heavy atom. The molecule has 3 aromatic carbocycles. The summed E-state index contributed by atoms with van der Waals surface area (Å²) in [5, 5.41) is 7.71. The summed E-state index contributed by atoms with van der Waals surface area (Å²) in [6.07, 6.45) is 1.08. The van der Waals surface area contributed by atoms with Gasteiger partial charge >= 0.3 is 0 Å². The lowest BCUT2D eigenvalue weighted by atomic mass is 10.2. The maximum absolute atomic E-state index is 12.0. The van der Waals surface area contributed by atoms with Crippen molar-refractivity contribution in [1.82, 2.24) is 5.43 Å². The average Bonchev–Trinajstić information content (AvgIpc) is 2.75. The van der Waals surface area contributed by atoms with Crippen LogP contribution in [0.25, 0.3) is 0 Å². The normalized spacial score (nSPS) is 10.6. The van der Waals surface area contributed by atoms with Crippen molar-refractivity contribution in [3.63, 3.8) is 0 Å². The van der Waals surface area contributed by atoms with Crippen molar-refractivity contribution < 1.29 is 14.3 Å². The van der Waals surface area contributed by atoms with Gasteiger partial charge in [0.05, 0.1) is 6.21 Å². The quantitative estimate of drug-likeness (QED) is 0.283. The van der Waals surface area contributed by atoms with Crippen LogP contribution in [0.15, 0.2) is 77.9 Å². The molecule has 0 radical (unpaired) electrons. The van der Waals surface area contributed by atoms with Gasteiger partial charge in [-0.3, -0.25) is 9.59 Å². The van der Waals surface area contributed by atoms with Crippen molar-refractivity contribution in [2.24, 2.45) is 5.10 Å². The van der Waals surface area contributed by atoms with Crippen LogP contribution in [0.1, 0.15) is 17.5 Å². The van der Waals surface area contributed by atoms with E-state index >= 15 is 0 Å². The van der Waals surface area contributed by atoms with Gasteiger partial charge in [-0.15, -0.1) is 0 Å². The first-order valence-electron chi connectivity index (χ1n) is 9.34. The molecule has 2 amide bonds. The summed E-state index contributed by atoms with van der Waals surface area (Å²) in [6.45, 7) is 0.293. The first-order valence-corrected chi connectivity index (χ1v) is 10.1. The van der Waals surface area contributed by atoms with E-state index in [2.05, 4.69) is 15.8 Å². The summed E-state index contributed by atoms with van der Waals surface area (Å²) >= 11 is 12.0. The maximum Gasteiger partial charge on any atom is 0.249 e. The second-order valence-corrected chi connectivity index (χ2v) is 7.29. The van der Waals surface area contributed by atoms with E-state index in [1.807, 2.05) is 30.3 Å². The summed E-state index contributed by atoms with van der Waals surface area (Å²) < 4.78 is 5.84. The van der Waals surface area contributed by atoms with Gasteiger partial charge in [-0.05, 0) is 42.5 Å². The summed E-state index contributed by atoms with van der Waals surface area (Å²) in [5.41, 5.74) is 4.41. The SMILES string of the molecule is O=C(CC(=O)Nc1ccc(Cl)cc1)NN=Cc1ccccc1OCc1ccccc1Cl. The summed E-state index contributed by atoms with van der Waals surface area (Å²) in [5.74, 6) is -0.420. The van der Waals surface area contributed by atoms with Crippen molar-refractivity contribution >= 4 is 46.9 Å². The molecule has 0 saturated heterocycles. The van der Waals surface area contributed by atoms with E-state index in [9.17, 15) is 9.59 Å². The molecule has 2 N–H and O–H groups in total. The van der Waals surface area contributed by atoms with Gasteiger partial charge in [-0.2, -0.15) is 5.10 Å². The van der Waals surface area contributed by atoms with Gasteiger partial charge in [0.25, 0.3) is 0 Å². The molecule has 8 heteroatoms. The van der Waals surface area contributed by atoms with E-state index in [-0.39, 0.29) is 6.42 Å². The van der Waals surface area contributed by atoms with E-state index in [1.165, 1.54) is 6.21 Å². The Hall–Kier alpha value is -3.35. The van der Waals surface area contributed by atoms with Crippen molar-refractivity contribution in [2.75, 3.05) is 5.32 Å². The van der Waals surface area contributed by atoms with E-state index in [1.54, 1.807) is 42.5 Å². The lowest BCUT2D eigenvalue weighted by Gasteiger charge is -2.10. The zero-order valence-corrected chi connectivity index (χ0v) is 17.9. The van der Waals surface area contributed by atoms with Gasteiger partial charge < -0.3 is 10.1 Å². The summed E-state index contributed by atoms with van der Waals surface area (Å²) in [7, 11) is 0. The smallest absolute Gasteiger partial charge is 0.249 e. The Morgan fingerprint density at radius 2 is 1.61 bits per heavy atom. The number of rotatable bonds is 8. The second-order valence-electron chi connectivity index (χ2n) is 6.44. The predicted molar refractivity (Wildman–Crippen MR) is 123 cm³/mol. The third-order valence-electron chi connectivity index (χ3n) is 4.10. The maximum atomic E-state index is 12.0. The van der Waals surface area contributed by atoms with Crippen LogP contribution in [0.5, 0.6) is 5.75 Å². The average molecular weight is 456 g/mol. The second kappa shape index (κ2) is 11.2. The number of nitrogens with zero attached hydrogens (tertiary/aromatic N) is 1. The Kier molecular flexibility index (Phi) is 8.04. The number of carbonyl (C=O) groups excluding carboxylic acids is 2. The number of hydrogen-bond acceptors (Lipinski definition) is 4. The minimum atomic E-state index is -0.544. The number of carbonyl (C=O) groups is 2. The molecule has 3 rings (SSSR count). The van der Waals surface area contributed by atoms with Crippen molar-refractivity contribution in [3.8, 4) is 5.75 Å². The molecular weight excluding hydrogens is 437 g/mol. The van der Waals surface area contributed by atoms with E-state index in [0.29, 0.717) is 33.7 Å². The molecule has 158 valence electrons. The van der Waals surface area contributed by atoms with Crippen LogP contribution in [0.3, 0.4) is 0 Å². The molecule has 0 unspecified atom stereocenters. The molecule has 0 aliphatic carbocycles. The molecule has 31 heavy (non-hydrogen) atoms. The van der Waals surface area contributed by atoms with Crippen LogP contribution in [-0.4, -0.2) is 18.0 Å². The van der Waals surface area contributed by atoms with Gasteiger partial charge in [-0.25, -0.2) is 5.43 Å². The van der Waals surface area contributed by atoms with Crippen LogP contribution in [0.4, 0.5) is 5.69 Å². The minimum Gasteiger partial charge on any atom is -0.488 e. The van der Waals surface area contributed by atoms with Gasteiger partial charge in [0, 0.05) is 26.9 Å². The molecule has 0 saturated carbocycles. The highest BCUT2D eigenvalue weighted by molar-refractivity contribution is 6.31. The molecule has 0 fully saturated rings. The first kappa shape index (κ1) is 22.3. The molecule has 0 aliphatic rings. The van der Waals surface area contributed by atoms with Gasteiger partial charge in [0.1, 0.15) is 18.8 Å². The standard InChI is InChI=1S/C23H19Cl2N3O3/c24-18-9-11-19(12-10-18)27-22(29)13-23(30)28-26-14-16-5-2-4-8-21(16)31-15-17-6-1-3-7-20(17)25/h1-12,14H,13,15H2,(H,27,29)(H,28,30). The number of anilines is 1. The fourth-order valence-corrected chi connectivity index (χ4v) is 2.90. The van der Waals surface area contributed by atoms with Crippen molar-refractivity contribution in [3.05, 3.63) is 94.0 Å². The first-order chi connectivity index (χ1) is 15.0. The molecule has 0 spiro atoms. The fourth-order valence-electron chi connectivity index (χ4n) is 2.59. The molecular formula is C23H19Cl2N3O3. The molecule has 0 bridgehead atoms. The zero-order valence-electron chi connectivity index (χ0n) is 16.3. The topological polar surface area (TPSA) is 79.8 Å². The Bertz CT molecular complexity index is 1090. The number of hydrogen-bond donors (Lipinski definition) is 2. The number of amides is 2. The molecule has 3 aromatic rings. The van der Waals surface area contributed by atoms with Crippen LogP contribution in [0.2, 0.25) is 10.0 Å². The highest BCUT2D eigenvalue weighted by Crippen LogP contribution is 2.21. The summed E-state index contributed by atoms with van der Waals surface area (Å²) in [6, 6.07) is 21.3. The Labute approximate surface area is 189 Å². The van der Waals surface area contributed by atoms with Crippen LogP contribution < -0.4 is 15.5 Å². The van der Waals surface area contributed by atoms with Crippen molar-refractivity contribution in [2.45, 2.75) is 13.0 Å². The minimum absolute atomic E-state index is 0.293. The van der Waals surface area contributed by atoms with E-state index < -0.39 is 11.8 Å². The molecule has 6 nitrogen and oxygen atoms in total. The monoisotopic (exact) mass is 455 g/mol. The predicted octanol–water partition coefficient (Wildman–Crippen LogP) is 5.05.